The van der Waals surface area contributed by atoms with Gasteiger partial charge in [0.05, 0.1) is 23.1 Å². The molecule has 0 radical (unpaired) electrons. The van der Waals surface area contributed by atoms with Crippen LogP contribution in [0.3, 0.4) is 0 Å². The second kappa shape index (κ2) is 3.30. The van der Waals surface area contributed by atoms with Crippen LogP contribution in [0, 0.1) is 0 Å². The monoisotopic (exact) mass is 211 g/mol. The van der Waals surface area contributed by atoms with Gasteiger partial charge in [0.25, 0.3) is 0 Å². The van der Waals surface area contributed by atoms with E-state index in [1.54, 1.807) is 12.4 Å². The molecule has 0 spiro atoms. The van der Waals surface area contributed by atoms with E-state index in [4.69, 9.17) is 5.73 Å². The Balaban J connectivity index is 2.14. The van der Waals surface area contributed by atoms with Crippen molar-refractivity contribution in [2.24, 2.45) is 0 Å². The van der Waals surface area contributed by atoms with Gasteiger partial charge in [0.2, 0.25) is 0 Å². The molecule has 5 heteroatoms. The van der Waals surface area contributed by atoms with Gasteiger partial charge in [0.15, 0.2) is 0 Å². The zero-order valence-electron chi connectivity index (χ0n) is 8.38. The molecular weight excluding hydrogens is 202 g/mol. The number of fused-ring (bicyclic) bond motifs is 1. The van der Waals surface area contributed by atoms with Crippen LogP contribution in [0.15, 0.2) is 36.7 Å². The van der Waals surface area contributed by atoms with Crippen LogP contribution in [-0.4, -0.2) is 20.2 Å². The summed E-state index contributed by atoms with van der Waals surface area (Å²) >= 11 is 0. The van der Waals surface area contributed by atoms with E-state index in [-0.39, 0.29) is 0 Å². The van der Waals surface area contributed by atoms with Crippen LogP contribution in [0.2, 0.25) is 0 Å². The summed E-state index contributed by atoms with van der Waals surface area (Å²) in [6.45, 7) is 0. The Hall–Kier alpha value is -2.43. The Labute approximate surface area is 91.3 Å². The van der Waals surface area contributed by atoms with E-state index < -0.39 is 0 Å². The number of H-pyrrole nitrogens is 1. The molecule has 0 aliphatic rings. The lowest BCUT2D eigenvalue weighted by molar-refractivity contribution is 1.05. The summed E-state index contributed by atoms with van der Waals surface area (Å²) in [6, 6.07) is 9.48. The smallest absolute Gasteiger partial charge is 0.146 e. The van der Waals surface area contributed by atoms with Crippen molar-refractivity contribution in [3.8, 4) is 11.3 Å². The zero-order valence-corrected chi connectivity index (χ0v) is 8.38. The maximum absolute atomic E-state index is 5.49. The van der Waals surface area contributed by atoms with E-state index in [9.17, 15) is 0 Å². The van der Waals surface area contributed by atoms with Crippen molar-refractivity contribution in [1.82, 2.24) is 20.2 Å². The number of nitrogen functional groups attached to an aromatic ring is 1. The van der Waals surface area contributed by atoms with Crippen LogP contribution in [0.4, 0.5) is 5.82 Å². The van der Waals surface area contributed by atoms with Gasteiger partial charge in [0, 0.05) is 5.56 Å². The summed E-state index contributed by atoms with van der Waals surface area (Å²) in [4.78, 5) is 7.21. The van der Waals surface area contributed by atoms with Gasteiger partial charge in [-0.1, -0.05) is 6.07 Å². The van der Waals surface area contributed by atoms with Gasteiger partial charge >= 0.3 is 0 Å². The first-order valence-corrected chi connectivity index (χ1v) is 4.86. The van der Waals surface area contributed by atoms with E-state index in [2.05, 4.69) is 20.2 Å². The highest BCUT2D eigenvalue weighted by molar-refractivity contribution is 5.80. The number of hydrogen-bond acceptors (Lipinski definition) is 4. The van der Waals surface area contributed by atoms with Crippen molar-refractivity contribution in [2.75, 3.05) is 5.73 Å². The maximum atomic E-state index is 5.49. The Morgan fingerprint density at radius 3 is 2.81 bits per heavy atom. The van der Waals surface area contributed by atoms with Crippen LogP contribution in [0.5, 0.6) is 0 Å². The molecule has 0 fully saturated rings. The number of hydrogen-bond donors (Lipinski definition) is 2. The number of benzene rings is 1. The molecule has 16 heavy (non-hydrogen) atoms. The average molecular weight is 211 g/mol. The Morgan fingerprint density at radius 2 is 2.00 bits per heavy atom. The van der Waals surface area contributed by atoms with Crippen molar-refractivity contribution < 1.29 is 0 Å². The molecule has 0 atom stereocenters. The quantitative estimate of drug-likeness (QED) is 0.640. The Kier molecular flexibility index (Phi) is 1.83. The number of rotatable bonds is 1. The second-order valence-corrected chi connectivity index (χ2v) is 3.48. The van der Waals surface area contributed by atoms with Crippen LogP contribution >= 0.6 is 0 Å². The molecule has 0 saturated carbocycles. The number of aromatic amines is 1. The minimum Gasteiger partial charge on any atom is -0.382 e. The molecular formula is C11H9N5. The summed E-state index contributed by atoms with van der Waals surface area (Å²) in [5.41, 5.74) is 9.20. The van der Waals surface area contributed by atoms with Gasteiger partial charge in [-0.3, -0.25) is 0 Å². The van der Waals surface area contributed by atoms with Crippen LogP contribution < -0.4 is 5.73 Å². The highest BCUT2D eigenvalue weighted by Crippen LogP contribution is 2.20. The number of nitrogens with zero attached hydrogens (tertiary/aromatic N) is 3. The topological polar surface area (TPSA) is 80.5 Å². The van der Waals surface area contributed by atoms with E-state index in [1.807, 2.05) is 24.3 Å². The molecule has 0 aliphatic carbocycles. The molecule has 3 aromatic rings. The molecule has 3 N–H and O–H groups in total. The number of anilines is 1. The third kappa shape index (κ3) is 1.38. The molecule has 0 saturated heterocycles. The van der Waals surface area contributed by atoms with Crippen LogP contribution in [-0.2, 0) is 0 Å². The summed E-state index contributed by atoms with van der Waals surface area (Å²) in [5, 5.41) is 7.86. The van der Waals surface area contributed by atoms with Crippen molar-refractivity contribution in [1.29, 1.82) is 0 Å². The third-order valence-electron chi connectivity index (χ3n) is 2.40. The van der Waals surface area contributed by atoms with Gasteiger partial charge in [-0.05, 0) is 24.3 Å². The third-order valence-corrected chi connectivity index (χ3v) is 2.40. The van der Waals surface area contributed by atoms with E-state index in [0.717, 1.165) is 22.3 Å². The van der Waals surface area contributed by atoms with Crippen molar-refractivity contribution in [3.05, 3.63) is 36.7 Å². The molecule has 1 aromatic carbocycles. The molecule has 5 nitrogen and oxygen atoms in total. The molecule has 78 valence electrons. The van der Waals surface area contributed by atoms with Crippen molar-refractivity contribution in [3.63, 3.8) is 0 Å². The van der Waals surface area contributed by atoms with E-state index >= 15 is 0 Å². The minimum atomic E-state index is 0.423. The van der Waals surface area contributed by atoms with Gasteiger partial charge < -0.3 is 10.7 Å². The fourth-order valence-corrected chi connectivity index (χ4v) is 1.59. The summed E-state index contributed by atoms with van der Waals surface area (Å²) < 4.78 is 0. The number of nitrogens with two attached hydrogens (primary N) is 1. The predicted molar refractivity (Wildman–Crippen MR) is 61.5 cm³/mol. The SMILES string of the molecule is Nc1ccc(-c2ccc3nc[nH]c3c2)nn1. The molecule has 0 unspecified atom stereocenters. The van der Waals surface area contributed by atoms with Crippen LogP contribution in [0.1, 0.15) is 0 Å². The summed E-state index contributed by atoms with van der Waals surface area (Å²) in [5.74, 6) is 0.423. The van der Waals surface area contributed by atoms with Crippen LogP contribution in [0.25, 0.3) is 22.3 Å². The lowest BCUT2D eigenvalue weighted by Crippen LogP contribution is -1.93. The summed E-state index contributed by atoms with van der Waals surface area (Å²) in [6.07, 6.45) is 1.67. The highest BCUT2D eigenvalue weighted by atomic mass is 15.1. The Bertz CT molecular complexity index is 626. The zero-order chi connectivity index (χ0) is 11.0. The van der Waals surface area contributed by atoms with E-state index in [0.29, 0.717) is 5.82 Å². The molecule has 3 rings (SSSR count). The van der Waals surface area contributed by atoms with Crippen molar-refractivity contribution >= 4 is 16.9 Å². The first-order valence-electron chi connectivity index (χ1n) is 4.86. The first kappa shape index (κ1) is 8.84. The normalized spacial score (nSPS) is 10.8. The minimum absolute atomic E-state index is 0.423. The van der Waals surface area contributed by atoms with Gasteiger partial charge in [0.1, 0.15) is 5.82 Å². The van der Waals surface area contributed by atoms with Gasteiger partial charge in [-0.2, -0.15) is 0 Å². The maximum Gasteiger partial charge on any atom is 0.146 e. The van der Waals surface area contributed by atoms with Crippen molar-refractivity contribution in [2.45, 2.75) is 0 Å². The molecule has 0 bridgehead atoms. The molecule has 0 aliphatic heterocycles. The van der Waals surface area contributed by atoms with E-state index in [1.165, 1.54) is 0 Å². The fourth-order valence-electron chi connectivity index (χ4n) is 1.59. The lowest BCUT2D eigenvalue weighted by Gasteiger charge is -1.99. The average Bonchev–Trinajstić information content (AvgIpc) is 2.77. The predicted octanol–water partition coefficient (Wildman–Crippen LogP) is 1.60. The van der Waals surface area contributed by atoms with Gasteiger partial charge in [-0.25, -0.2) is 4.98 Å². The Morgan fingerprint density at radius 1 is 1.06 bits per heavy atom. The standard InChI is InChI=1S/C11H9N5/c12-11-4-3-8(15-16-11)7-1-2-9-10(5-7)14-6-13-9/h1-6H,(H2,12,16)(H,13,14). The number of nitrogens with one attached hydrogen (secondary N) is 1. The first-order chi connectivity index (χ1) is 7.83. The highest BCUT2D eigenvalue weighted by Gasteiger charge is 2.02. The molecule has 2 heterocycles. The lowest BCUT2D eigenvalue weighted by atomic mass is 10.1. The summed E-state index contributed by atoms with van der Waals surface area (Å²) in [7, 11) is 0. The molecule has 2 aromatic heterocycles. The fraction of sp³-hybridized carbons (Fsp3) is 0. The number of imidazole rings is 1. The second-order valence-electron chi connectivity index (χ2n) is 3.48. The number of aromatic nitrogens is 4. The largest absolute Gasteiger partial charge is 0.382 e. The van der Waals surface area contributed by atoms with Gasteiger partial charge in [-0.15, -0.1) is 10.2 Å². The molecule has 0 amide bonds.